The lowest BCUT2D eigenvalue weighted by Gasteiger charge is -2.14. The summed E-state index contributed by atoms with van der Waals surface area (Å²) in [6.45, 7) is 3.98. The van der Waals surface area contributed by atoms with E-state index in [4.69, 9.17) is 0 Å². The maximum absolute atomic E-state index is 12.4. The Morgan fingerprint density at radius 3 is 2.40 bits per heavy atom. The molecular formula is C21H26N2O2. The number of hydrogen-bond acceptors (Lipinski definition) is 2. The minimum Gasteiger partial charge on any atom is -0.350 e. The third kappa shape index (κ3) is 6.07. The molecule has 2 aromatic carbocycles. The maximum atomic E-state index is 12.4. The molecule has 4 nitrogen and oxygen atoms in total. The summed E-state index contributed by atoms with van der Waals surface area (Å²) in [5.41, 5.74) is 2.29. The highest BCUT2D eigenvalue weighted by atomic mass is 16.2. The molecule has 0 aliphatic rings. The molecule has 0 heterocycles. The van der Waals surface area contributed by atoms with Crippen LogP contribution < -0.4 is 10.6 Å². The van der Waals surface area contributed by atoms with Gasteiger partial charge in [0.25, 0.3) is 5.91 Å². The van der Waals surface area contributed by atoms with Crippen LogP contribution in [-0.4, -0.2) is 17.9 Å². The molecule has 2 amide bonds. The van der Waals surface area contributed by atoms with Crippen molar-refractivity contribution in [2.45, 2.75) is 45.6 Å². The van der Waals surface area contributed by atoms with Gasteiger partial charge >= 0.3 is 0 Å². The predicted octanol–water partition coefficient (Wildman–Crippen LogP) is 4.18. The second kappa shape index (κ2) is 9.62. The van der Waals surface area contributed by atoms with Crippen molar-refractivity contribution in [3.63, 3.8) is 0 Å². The Labute approximate surface area is 149 Å². The summed E-state index contributed by atoms with van der Waals surface area (Å²) in [4.78, 5) is 24.6. The van der Waals surface area contributed by atoms with E-state index in [1.54, 1.807) is 18.2 Å². The molecule has 2 rings (SSSR count). The summed E-state index contributed by atoms with van der Waals surface area (Å²) < 4.78 is 0. The van der Waals surface area contributed by atoms with Crippen molar-refractivity contribution in [3.05, 3.63) is 65.7 Å². The predicted molar refractivity (Wildman–Crippen MR) is 102 cm³/mol. The lowest BCUT2D eigenvalue weighted by molar-refractivity contribution is -0.116. The Kier molecular flexibility index (Phi) is 7.20. The Balaban J connectivity index is 1.91. The Hall–Kier alpha value is -2.62. The molecule has 0 saturated heterocycles. The van der Waals surface area contributed by atoms with Crippen molar-refractivity contribution in [2.75, 3.05) is 5.32 Å². The average molecular weight is 338 g/mol. The number of para-hydroxylation sites is 1. The highest BCUT2D eigenvalue weighted by Gasteiger charge is 2.14. The zero-order valence-corrected chi connectivity index (χ0v) is 14.9. The first kappa shape index (κ1) is 18.7. The Morgan fingerprint density at radius 2 is 1.68 bits per heavy atom. The van der Waals surface area contributed by atoms with Gasteiger partial charge in [-0.25, -0.2) is 0 Å². The third-order valence-electron chi connectivity index (χ3n) is 4.15. The van der Waals surface area contributed by atoms with Gasteiger partial charge < -0.3 is 10.6 Å². The zero-order chi connectivity index (χ0) is 18.1. The lowest BCUT2D eigenvalue weighted by atomic mass is 10.1. The van der Waals surface area contributed by atoms with E-state index < -0.39 is 0 Å². The summed E-state index contributed by atoms with van der Waals surface area (Å²) in [5.74, 6) is -0.228. The van der Waals surface area contributed by atoms with Crippen molar-refractivity contribution in [2.24, 2.45) is 0 Å². The van der Waals surface area contributed by atoms with E-state index in [2.05, 4.69) is 22.8 Å². The smallest absolute Gasteiger partial charge is 0.253 e. The first-order valence-electron chi connectivity index (χ1n) is 8.83. The fourth-order valence-electron chi connectivity index (χ4n) is 2.50. The quantitative estimate of drug-likeness (QED) is 0.759. The number of aryl methyl sites for hydroxylation is 1. The molecule has 0 spiro atoms. The molecule has 0 aliphatic carbocycles. The van der Waals surface area contributed by atoms with Crippen LogP contribution in [0, 0.1) is 0 Å². The second-order valence-corrected chi connectivity index (χ2v) is 6.22. The van der Waals surface area contributed by atoms with E-state index >= 15 is 0 Å². The average Bonchev–Trinajstić information content (AvgIpc) is 2.62. The van der Waals surface area contributed by atoms with E-state index in [1.807, 2.05) is 38.1 Å². The number of amides is 2. The minimum atomic E-state index is -0.158. The topological polar surface area (TPSA) is 58.2 Å². The van der Waals surface area contributed by atoms with Crippen LogP contribution in [0.25, 0.3) is 0 Å². The van der Waals surface area contributed by atoms with Crippen molar-refractivity contribution >= 4 is 17.5 Å². The monoisotopic (exact) mass is 338 g/mol. The van der Waals surface area contributed by atoms with Crippen LogP contribution in [0.1, 0.15) is 49.0 Å². The van der Waals surface area contributed by atoms with Crippen molar-refractivity contribution in [1.82, 2.24) is 5.32 Å². The summed E-state index contributed by atoms with van der Waals surface area (Å²) in [5, 5.41) is 5.80. The van der Waals surface area contributed by atoms with Crippen LogP contribution in [-0.2, 0) is 11.2 Å². The number of anilines is 1. The largest absolute Gasteiger partial charge is 0.350 e. The molecule has 2 N–H and O–H groups in total. The highest BCUT2D eigenvalue weighted by Crippen LogP contribution is 2.16. The molecule has 0 aliphatic heterocycles. The van der Waals surface area contributed by atoms with Crippen molar-refractivity contribution in [1.29, 1.82) is 0 Å². The van der Waals surface area contributed by atoms with Crippen molar-refractivity contribution in [3.8, 4) is 0 Å². The normalized spacial score (nSPS) is 11.6. The lowest BCUT2D eigenvalue weighted by Crippen LogP contribution is -2.32. The number of carbonyl (C=O) groups excluding carboxylic acids is 2. The number of carbonyl (C=O) groups is 2. The molecule has 132 valence electrons. The van der Waals surface area contributed by atoms with Gasteiger partial charge in [-0.3, -0.25) is 9.59 Å². The molecule has 25 heavy (non-hydrogen) atoms. The van der Waals surface area contributed by atoms with Crippen LogP contribution in [0.15, 0.2) is 54.6 Å². The Bertz CT molecular complexity index is 698. The first-order chi connectivity index (χ1) is 12.1. The van der Waals surface area contributed by atoms with Gasteiger partial charge in [-0.1, -0.05) is 49.4 Å². The molecule has 4 heteroatoms. The summed E-state index contributed by atoms with van der Waals surface area (Å²) in [7, 11) is 0. The van der Waals surface area contributed by atoms with Crippen LogP contribution in [0.2, 0.25) is 0 Å². The van der Waals surface area contributed by atoms with Gasteiger partial charge in [0.15, 0.2) is 0 Å². The standard InChI is InChI=1S/C21H26N2O2/c1-3-16(2)22-21(25)18-13-7-8-14-19(18)23-20(24)15-9-12-17-10-5-4-6-11-17/h4-8,10-11,13-14,16H,3,9,12,15H2,1-2H3,(H,22,25)(H,23,24). The Morgan fingerprint density at radius 1 is 1.00 bits per heavy atom. The molecule has 0 saturated carbocycles. The first-order valence-corrected chi connectivity index (χ1v) is 8.83. The molecule has 0 radical (unpaired) electrons. The van der Waals surface area contributed by atoms with E-state index in [0.717, 1.165) is 19.3 Å². The maximum Gasteiger partial charge on any atom is 0.253 e. The van der Waals surface area contributed by atoms with E-state index in [0.29, 0.717) is 17.7 Å². The van der Waals surface area contributed by atoms with Gasteiger partial charge in [0.1, 0.15) is 0 Å². The SMILES string of the molecule is CCC(C)NC(=O)c1ccccc1NC(=O)CCCc1ccccc1. The van der Waals surface area contributed by atoms with Crippen LogP contribution in [0.3, 0.4) is 0 Å². The van der Waals surface area contributed by atoms with Crippen LogP contribution in [0.4, 0.5) is 5.69 Å². The number of hydrogen-bond donors (Lipinski definition) is 2. The number of rotatable bonds is 8. The summed E-state index contributed by atoms with van der Waals surface area (Å²) in [6.07, 6.45) is 2.93. The highest BCUT2D eigenvalue weighted by molar-refractivity contribution is 6.03. The number of benzene rings is 2. The van der Waals surface area contributed by atoms with Gasteiger partial charge in [-0.15, -0.1) is 0 Å². The van der Waals surface area contributed by atoms with Gasteiger partial charge in [0.2, 0.25) is 5.91 Å². The van der Waals surface area contributed by atoms with E-state index in [9.17, 15) is 9.59 Å². The molecule has 1 unspecified atom stereocenters. The minimum absolute atomic E-state index is 0.0697. The van der Waals surface area contributed by atoms with Gasteiger partial charge in [0, 0.05) is 12.5 Å². The molecule has 0 bridgehead atoms. The molecule has 0 fully saturated rings. The van der Waals surface area contributed by atoms with Gasteiger partial charge in [-0.05, 0) is 43.9 Å². The molecule has 0 aromatic heterocycles. The fourth-order valence-corrected chi connectivity index (χ4v) is 2.50. The summed E-state index contributed by atoms with van der Waals surface area (Å²) >= 11 is 0. The third-order valence-corrected chi connectivity index (χ3v) is 4.15. The van der Waals surface area contributed by atoms with E-state index in [1.165, 1.54) is 5.56 Å². The molecular weight excluding hydrogens is 312 g/mol. The zero-order valence-electron chi connectivity index (χ0n) is 14.9. The fraction of sp³-hybridized carbons (Fsp3) is 0.333. The van der Waals surface area contributed by atoms with Gasteiger partial charge in [0.05, 0.1) is 11.3 Å². The van der Waals surface area contributed by atoms with Crippen molar-refractivity contribution < 1.29 is 9.59 Å². The van der Waals surface area contributed by atoms with Crippen LogP contribution >= 0.6 is 0 Å². The van der Waals surface area contributed by atoms with Gasteiger partial charge in [-0.2, -0.15) is 0 Å². The molecule has 2 aromatic rings. The second-order valence-electron chi connectivity index (χ2n) is 6.22. The number of nitrogens with one attached hydrogen (secondary N) is 2. The summed E-state index contributed by atoms with van der Waals surface area (Å²) in [6, 6.07) is 17.3. The van der Waals surface area contributed by atoms with E-state index in [-0.39, 0.29) is 17.9 Å². The molecule has 1 atom stereocenters. The van der Waals surface area contributed by atoms with Crippen LogP contribution in [0.5, 0.6) is 0 Å².